The fraction of sp³-hybridized carbons (Fsp3) is 0.733. The zero-order valence-electron chi connectivity index (χ0n) is 10.7. The Morgan fingerprint density at radius 2 is 2.19 bits per heavy atom. The van der Waals surface area contributed by atoms with Gasteiger partial charge in [0.15, 0.2) is 0 Å². The molecule has 16 heavy (non-hydrogen) atoms. The third kappa shape index (κ3) is 0.964. The van der Waals surface area contributed by atoms with E-state index in [0.717, 1.165) is 12.3 Å². The molecule has 0 radical (unpaired) electrons. The summed E-state index contributed by atoms with van der Waals surface area (Å²) in [4.78, 5) is 0. The highest BCUT2D eigenvalue weighted by molar-refractivity contribution is 5.32. The van der Waals surface area contributed by atoms with E-state index in [9.17, 15) is 0 Å². The zero-order chi connectivity index (χ0) is 11.6. The lowest BCUT2D eigenvalue weighted by molar-refractivity contribution is -0.0480. The molecule has 0 aromatic carbocycles. The summed E-state index contributed by atoms with van der Waals surface area (Å²) in [7, 11) is 0. The molecule has 0 aromatic heterocycles. The second-order valence-corrected chi connectivity index (χ2v) is 6.40. The largest absolute Gasteiger partial charge is 0.360 e. The van der Waals surface area contributed by atoms with Crippen molar-refractivity contribution in [1.29, 1.82) is 0 Å². The fourth-order valence-corrected chi connectivity index (χ4v) is 4.18. The van der Waals surface area contributed by atoms with E-state index in [1.54, 1.807) is 0 Å². The molecule has 2 bridgehead atoms. The Labute approximate surface area is 98.6 Å². The van der Waals surface area contributed by atoms with Crippen LogP contribution in [0.1, 0.15) is 46.5 Å². The van der Waals surface area contributed by atoms with E-state index in [0.29, 0.717) is 5.41 Å². The third-order valence-electron chi connectivity index (χ3n) is 5.64. The van der Waals surface area contributed by atoms with Gasteiger partial charge in [-0.3, -0.25) is 0 Å². The predicted octanol–water partition coefficient (Wildman–Crippen LogP) is 3.86. The van der Waals surface area contributed by atoms with Crippen molar-refractivity contribution in [2.45, 2.75) is 57.7 Å². The summed E-state index contributed by atoms with van der Waals surface area (Å²) in [5, 5.41) is 0. The smallest absolute Gasteiger partial charge is 0.0932 e. The summed E-state index contributed by atoms with van der Waals surface area (Å²) in [6, 6.07) is 0. The van der Waals surface area contributed by atoms with Crippen molar-refractivity contribution in [3.05, 3.63) is 24.3 Å². The molecule has 88 valence electrons. The maximum atomic E-state index is 6.50. The Balaban J connectivity index is 2.10. The minimum atomic E-state index is -0.0162. The predicted molar refractivity (Wildman–Crippen MR) is 66.2 cm³/mol. The van der Waals surface area contributed by atoms with Crippen LogP contribution in [0, 0.1) is 11.3 Å². The van der Waals surface area contributed by atoms with Gasteiger partial charge in [0, 0.05) is 5.41 Å². The SMILES string of the molecule is C=C(C)C12CCC3(C=CCC(C)C3(C)C1)O2. The van der Waals surface area contributed by atoms with Gasteiger partial charge in [0.2, 0.25) is 0 Å². The first kappa shape index (κ1) is 10.6. The van der Waals surface area contributed by atoms with E-state index in [1.807, 2.05) is 0 Å². The third-order valence-corrected chi connectivity index (χ3v) is 5.64. The molecule has 0 amide bonds. The summed E-state index contributed by atoms with van der Waals surface area (Å²) in [6.07, 6.45) is 9.39. The molecule has 2 heterocycles. The van der Waals surface area contributed by atoms with Gasteiger partial charge in [-0.05, 0) is 44.1 Å². The van der Waals surface area contributed by atoms with Crippen LogP contribution in [-0.4, -0.2) is 11.2 Å². The first-order chi connectivity index (χ1) is 7.44. The maximum absolute atomic E-state index is 6.50. The average molecular weight is 218 g/mol. The van der Waals surface area contributed by atoms with E-state index >= 15 is 0 Å². The van der Waals surface area contributed by atoms with Crippen LogP contribution >= 0.6 is 0 Å². The van der Waals surface area contributed by atoms with Crippen LogP contribution in [0.25, 0.3) is 0 Å². The lowest BCUT2D eigenvalue weighted by Gasteiger charge is -2.47. The van der Waals surface area contributed by atoms with Crippen LogP contribution in [-0.2, 0) is 4.74 Å². The van der Waals surface area contributed by atoms with E-state index < -0.39 is 0 Å². The van der Waals surface area contributed by atoms with Crippen molar-refractivity contribution in [2.24, 2.45) is 11.3 Å². The maximum Gasteiger partial charge on any atom is 0.0932 e. The Bertz CT molecular complexity index is 383. The van der Waals surface area contributed by atoms with Crippen molar-refractivity contribution in [2.75, 3.05) is 0 Å². The van der Waals surface area contributed by atoms with Crippen molar-refractivity contribution in [3.8, 4) is 0 Å². The van der Waals surface area contributed by atoms with Crippen LogP contribution in [0.2, 0.25) is 0 Å². The molecule has 3 aliphatic rings. The van der Waals surface area contributed by atoms with Gasteiger partial charge in [-0.25, -0.2) is 0 Å². The number of fused-ring (bicyclic) bond motifs is 1. The number of rotatable bonds is 1. The van der Waals surface area contributed by atoms with Gasteiger partial charge < -0.3 is 4.74 Å². The van der Waals surface area contributed by atoms with Gasteiger partial charge >= 0.3 is 0 Å². The average Bonchev–Trinajstić information content (AvgIpc) is 2.70. The molecule has 4 atom stereocenters. The molecule has 2 fully saturated rings. The first-order valence-corrected chi connectivity index (χ1v) is 6.48. The standard InChI is InChI=1S/C15H22O/c1-11(2)14-8-9-15(16-14)7-5-6-12(3)13(15,4)10-14/h5,7,12H,1,6,8-10H2,2-4H3. The summed E-state index contributed by atoms with van der Waals surface area (Å²) in [6.45, 7) is 11.1. The van der Waals surface area contributed by atoms with Gasteiger partial charge in [0.1, 0.15) is 0 Å². The normalized spacial score (nSPS) is 54.1. The molecule has 0 saturated carbocycles. The molecular weight excluding hydrogens is 196 g/mol. The van der Waals surface area contributed by atoms with Gasteiger partial charge in [-0.15, -0.1) is 0 Å². The summed E-state index contributed by atoms with van der Waals surface area (Å²) >= 11 is 0. The number of allylic oxidation sites excluding steroid dienone is 1. The lowest BCUT2D eigenvalue weighted by Crippen LogP contribution is -2.47. The van der Waals surface area contributed by atoms with Crippen molar-refractivity contribution < 1.29 is 4.74 Å². The monoisotopic (exact) mass is 218 g/mol. The van der Waals surface area contributed by atoms with Gasteiger partial charge in [0.25, 0.3) is 0 Å². The summed E-state index contributed by atoms with van der Waals surface area (Å²) in [5.74, 6) is 0.721. The van der Waals surface area contributed by atoms with Crippen LogP contribution in [0.15, 0.2) is 24.3 Å². The van der Waals surface area contributed by atoms with Crippen molar-refractivity contribution in [1.82, 2.24) is 0 Å². The molecule has 3 rings (SSSR count). The van der Waals surface area contributed by atoms with E-state index in [2.05, 4.69) is 39.5 Å². The minimum Gasteiger partial charge on any atom is -0.360 e. The first-order valence-electron chi connectivity index (χ1n) is 6.48. The quantitative estimate of drug-likeness (QED) is 0.607. The van der Waals surface area contributed by atoms with E-state index in [4.69, 9.17) is 4.74 Å². The summed E-state index contributed by atoms with van der Waals surface area (Å²) in [5.41, 5.74) is 1.54. The van der Waals surface area contributed by atoms with Crippen LogP contribution in [0.3, 0.4) is 0 Å². The van der Waals surface area contributed by atoms with Gasteiger partial charge in [0.05, 0.1) is 11.2 Å². The number of ether oxygens (including phenoxy) is 1. The van der Waals surface area contributed by atoms with Crippen LogP contribution < -0.4 is 0 Å². The molecule has 0 N–H and O–H groups in total. The molecule has 2 saturated heterocycles. The lowest BCUT2D eigenvalue weighted by atomic mass is 9.55. The highest BCUT2D eigenvalue weighted by atomic mass is 16.5. The second kappa shape index (κ2) is 2.81. The molecule has 4 unspecified atom stereocenters. The van der Waals surface area contributed by atoms with Gasteiger partial charge in [-0.1, -0.05) is 32.6 Å². The molecule has 1 spiro atoms. The van der Waals surface area contributed by atoms with E-state index in [1.165, 1.54) is 24.8 Å². The zero-order valence-corrected chi connectivity index (χ0v) is 10.7. The number of hydrogen-bond donors (Lipinski definition) is 0. The molecule has 0 aromatic rings. The van der Waals surface area contributed by atoms with E-state index in [-0.39, 0.29) is 11.2 Å². The van der Waals surface area contributed by atoms with Gasteiger partial charge in [-0.2, -0.15) is 0 Å². The molecule has 1 nitrogen and oxygen atoms in total. The Morgan fingerprint density at radius 3 is 2.81 bits per heavy atom. The van der Waals surface area contributed by atoms with Crippen molar-refractivity contribution >= 4 is 0 Å². The Kier molecular flexibility index (Phi) is 1.86. The minimum absolute atomic E-state index is 0.0162. The molecule has 2 aliphatic heterocycles. The summed E-state index contributed by atoms with van der Waals surface area (Å²) < 4.78 is 6.50. The van der Waals surface area contributed by atoms with Crippen molar-refractivity contribution in [3.63, 3.8) is 0 Å². The highest BCUT2D eigenvalue weighted by Gasteiger charge is 2.68. The van der Waals surface area contributed by atoms with Crippen LogP contribution in [0.4, 0.5) is 0 Å². The topological polar surface area (TPSA) is 9.23 Å². The van der Waals surface area contributed by atoms with Crippen LogP contribution in [0.5, 0.6) is 0 Å². The number of hydrogen-bond acceptors (Lipinski definition) is 1. The highest BCUT2D eigenvalue weighted by Crippen LogP contribution is 2.67. The molecule has 1 heteroatoms. The Hall–Kier alpha value is -0.560. The molecular formula is C15H22O. The molecule has 1 aliphatic carbocycles. The fourth-order valence-electron chi connectivity index (χ4n) is 4.18. The second-order valence-electron chi connectivity index (χ2n) is 6.40. The Morgan fingerprint density at radius 1 is 1.44 bits per heavy atom.